The SMILES string of the molecule is Cc1c(C(=O)N(C)CC(C)C)sc2ncnc(NC[C@@H]3CCCO3)c12. The highest BCUT2D eigenvalue weighted by atomic mass is 32.1. The van der Waals surface area contributed by atoms with Crippen LogP contribution in [0.15, 0.2) is 6.33 Å². The molecule has 25 heavy (non-hydrogen) atoms. The second-order valence-electron chi connectivity index (χ2n) is 7.05. The van der Waals surface area contributed by atoms with Crippen LogP contribution in [-0.2, 0) is 4.74 Å². The van der Waals surface area contributed by atoms with Gasteiger partial charge in [0.2, 0.25) is 0 Å². The van der Waals surface area contributed by atoms with E-state index in [0.29, 0.717) is 5.92 Å². The third-order valence-corrected chi connectivity index (χ3v) is 5.62. The van der Waals surface area contributed by atoms with Crippen molar-refractivity contribution >= 4 is 33.3 Å². The predicted molar refractivity (Wildman–Crippen MR) is 101 cm³/mol. The Morgan fingerprint density at radius 3 is 2.96 bits per heavy atom. The van der Waals surface area contributed by atoms with Gasteiger partial charge in [0.15, 0.2) is 0 Å². The van der Waals surface area contributed by atoms with Crippen LogP contribution in [0.25, 0.3) is 10.2 Å². The highest BCUT2D eigenvalue weighted by molar-refractivity contribution is 7.20. The summed E-state index contributed by atoms with van der Waals surface area (Å²) in [5.41, 5.74) is 0.955. The minimum absolute atomic E-state index is 0.0549. The number of rotatable bonds is 6. The Hall–Kier alpha value is -1.73. The summed E-state index contributed by atoms with van der Waals surface area (Å²) in [5, 5.41) is 4.34. The van der Waals surface area contributed by atoms with Gasteiger partial charge in [0.1, 0.15) is 17.0 Å². The van der Waals surface area contributed by atoms with Crippen molar-refractivity contribution in [3.63, 3.8) is 0 Å². The Morgan fingerprint density at radius 1 is 1.48 bits per heavy atom. The maximum Gasteiger partial charge on any atom is 0.264 e. The summed E-state index contributed by atoms with van der Waals surface area (Å²) in [4.78, 5) is 25.0. The molecule has 0 aliphatic carbocycles. The van der Waals surface area contributed by atoms with Crippen LogP contribution in [0.1, 0.15) is 41.9 Å². The lowest BCUT2D eigenvalue weighted by molar-refractivity contribution is 0.0783. The normalized spacial score (nSPS) is 17.4. The monoisotopic (exact) mass is 362 g/mol. The largest absolute Gasteiger partial charge is 0.376 e. The zero-order chi connectivity index (χ0) is 18.0. The maximum absolute atomic E-state index is 12.8. The molecule has 1 N–H and O–H groups in total. The van der Waals surface area contributed by atoms with Crippen LogP contribution in [0.5, 0.6) is 0 Å². The van der Waals surface area contributed by atoms with E-state index in [4.69, 9.17) is 4.74 Å². The first-order valence-electron chi connectivity index (χ1n) is 8.82. The molecule has 6 nitrogen and oxygen atoms in total. The lowest BCUT2D eigenvalue weighted by Crippen LogP contribution is -2.30. The highest BCUT2D eigenvalue weighted by Crippen LogP contribution is 2.34. The molecule has 1 amide bonds. The molecule has 1 atom stereocenters. The van der Waals surface area contributed by atoms with Crippen LogP contribution in [0.4, 0.5) is 5.82 Å². The van der Waals surface area contributed by atoms with Crippen molar-refractivity contribution in [1.82, 2.24) is 14.9 Å². The average Bonchev–Trinajstić information content (AvgIpc) is 3.20. The number of thiophene rings is 1. The van der Waals surface area contributed by atoms with Gasteiger partial charge in [-0.2, -0.15) is 0 Å². The third-order valence-electron chi connectivity index (χ3n) is 4.43. The van der Waals surface area contributed by atoms with E-state index in [0.717, 1.165) is 59.0 Å². The van der Waals surface area contributed by atoms with Crippen LogP contribution >= 0.6 is 11.3 Å². The van der Waals surface area contributed by atoms with Crippen molar-refractivity contribution in [2.45, 2.75) is 39.7 Å². The topological polar surface area (TPSA) is 67.4 Å². The van der Waals surface area contributed by atoms with Gasteiger partial charge in [0.05, 0.1) is 16.4 Å². The number of nitrogens with one attached hydrogen (secondary N) is 1. The number of hydrogen-bond donors (Lipinski definition) is 1. The fourth-order valence-corrected chi connectivity index (χ4v) is 4.37. The molecular weight excluding hydrogens is 336 g/mol. The van der Waals surface area contributed by atoms with Gasteiger partial charge in [-0.15, -0.1) is 11.3 Å². The van der Waals surface area contributed by atoms with E-state index in [2.05, 4.69) is 29.1 Å². The third kappa shape index (κ3) is 3.93. The van der Waals surface area contributed by atoms with Crippen LogP contribution in [0.3, 0.4) is 0 Å². The van der Waals surface area contributed by atoms with E-state index in [-0.39, 0.29) is 12.0 Å². The van der Waals surface area contributed by atoms with E-state index in [1.165, 1.54) is 11.3 Å². The number of ether oxygens (including phenoxy) is 1. The van der Waals surface area contributed by atoms with E-state index >= 15 is 0 Å². The van der Waals surface area contributed by atoms with Gasteiger partial charge in [0.25, 0.3) is 5.91 Å². The summed E-state index contributed by atoms with van der Waals surface area (Å²) in [6, 6.07) is 0. The van der Waals surface area contributed by atoms with Crippen molar-refractivity contribution in [3.05, 3.63) is 16.8 Å². The predicted octanol–water partition coefficient (Wildman–Crippen LogP) is 3.32. The first kappa shape index (κ1) is 18.1. The number of anilines is 1. The van der Waals surface area contributed by atoms with Gasteiger partial charge in [-0.25, -0.2) is 9.97 Å². The quantitative estimate of drug-likeness (QED) is 0.854. The zero-order valence-electron chi connectivity index (χ0n) is 15.3. The smallest absolute Gasteiger partial charge is 0.264 e. The fraction of sp³-hybridized carbons (Fsp3) is 0.611. The summed E-state index contributed by atoms with van der Waals surface area (Å²) in [5.74, 6) is 1.28. The minimum atomic E-state index is 0.0549. The molecule has 0 spiro atoms. The summed E-state index contributed by atoms with van der Waals surface area (Å²) >= 11 is 1.45. The lowest BCUT2D eigenvalue weighted by Gasteiger charge is -2.19. The molecule has 7 heteroatoms. The molecule has 1 saturated heterocycles. The molecule has 0 unspecified atom stereocenters. The Bertz CT molecular complexity index is 753. The first-order chi connectivity index (χ1) is 12.0. The van der Waals surface area contributed by atoms with Crippen LogP contribution in [0.2, 0.25) is 0 Å². The molecule has 3 heterocycles. The Balaban J connectivity index is 1.85. The number of hydrogen-bond acceptors (Lipinski definition) is 6. The Kier molecular flexibility index (Phi) is 5.54. The molecule has 0 aromatic carbocycles. The molecule has 0 saturated carbocycles. The van der Waals surface area contributed by atoms with Crippen LogP contribution < -0.4 is 5.32 Å². The summed E-state index contributed by atoms with van der Waals surface area (Å²) < 4.78 is 5.66. The van der Waals surface area contributed by atoms with Gasteiger partial charge in [-0.1, -0.05) is 13.8 Å². The summed E-state index contributed by atoms with van der Waals surface area (Å²) in [6.07, 6.45) is 3.99. The van der Waals surface area contributed by atoms with Crippen molar-refractivity contribution < 1.29 is 9.53 Å². The number of nitrogens with zero attached hydrogens (tertiary/aromatic N) is 3. The Morgan fingerprint density at radius 2 is 2.28 bits per heavy atom. The Labute approximate surface area is 152 Å². The second kappa shape index (κ2) is 7.66. The van der Waals surface area contributed by atoms with Gasteiger partial charge in [0, 0.05) is 26.7 Å². The van der Waals surface area contributed by atoms with E-state index in [9.17, 15) is 4.79 Å². The van der Waals surface area contributed by atoms with E-state index < -0.39 is 0 Å². The van der Waals surface area contributed by atoms with Crippen molar-refractivity contribution in [1.29, 1.82) is 0 Å². The summed E-state index contributed by atoms with van der Waals surface area (Å²) in [7, 11) is 1.86. The maximum atomic E-state index is 12.8. The molecule has 2 aromatic rings. The fourth-order valence-electron chi connectivity index (χ4n) is 3.23. The van der Waals surface area contributed by atoms with Crippen molar-refractivity contribution in [3.8, 4) is 0 Å². The molecule has 1 fully saturated rings. The number of carbonyl (C=O) groups excluding carboxylic acids is 1. The van der Waals surface area contributed by atoms with Crippen LogP contribution in [0, 0.1) is 12.8 Å². The lowest BCUT2D eigenvalue weighted by atomic mass is 10.1. The molecule has 1 aliphatic rings. The zero-order valence-corrected chi connectivity index (χ0v) is 16.2. The van der Waals surface area contributed by atoms with E-state index in [1.807, 2.05) is 14.0 Å². The van der Waals surface area contributed by atoms with Gasteiger partial charge in [-0.05, 0) is 31.2 Å². The first-order valence-corrected chi connectivity index (χ1v) is 9.64. The number of amides is 1. The number of carbonyl (C=O) groups is 1. The molecule has 0 radical (unpaired) electrons. The van der Waals surface area contributed by atoms with Crippen molar-refractivity contribution in [2.75, 3.05) is 32.1 Å². The highest BCUT2D eigenvalue weighted by Gasteiger charge is 2.23. The van der Waals surface area contributed by atoms with Gasteiger partial charge < -0.3 is 15.0 Å². The number of fused-ring (bicyclic) bond motifs is 1. The minimum Gasteiger partial charge on any atom is -0.376 e. The molecule has 2 aromatic heterocycles. The average molecular weight is 362 g/mol. The van der Waals surface area contributed by atoms with Gasteiger partial charge in [-0.3, -0.25) is 4.79 Å². The second-order valence-corrected chi connectivity index (χ2v) is 8.05. The molecule has 0 bridgehead atoms. The number of aryl methyl sites for hydroxylation is 1. The molecule has 1 aliphatic heterocycles. The van der Waals surface area contributed by atoms with E-state index in [1.54, 1.807) is 11.2 Å². The number of aromatic nitrogens is 2. The van der Waals surface area contributed by atoms with Crippen molar-refractivity contribution in [2.24, 2.45) is 5.92 Å². The van der Waals surface area contributed by atoms with Crippen LogP contribution in [-0.4, -0.2) is 53.6 Å². The standard InChI is InChI=1S/C18H26N4O2S/c1-11(2)9-22(4)18(23)15-12(3)14-16(20-10-21-17(14)25-15)19-8-13-6-5-7-24-13/h10-11,13H,5-9H2,1-4H3,(H,19,20,21)/t13-/m0/s1. The molecule has 3 rings (SSSR count). The molecule has 136 valence electrons. The summed E-state index contributed by atoms with van der Waals surface area (Å²) in [6.45, 7) is 8.51. The van der Waals surface area contributed by atoms with Gasteiger partial charge >= 0.3 is 0 Å². The molecular formula is C18H26N4O2S.